The Morgan fingerprint density at radius 3 is 2.25 bits per heavy atom. The molecule has 110 valence electrons. The van der Waals surface area contributed by atoms with Crippen molar-refractivity contribution in [3.8, 4) is 0 Å². The van der Waals surface area contributed by atoms with Gasteiger partial charge in [0.05, 0.1) is 7.11 Å². The Bertz CT molecular complexity index is 485. The largest absolute Gasteiger partial charge is 0.467 e. The van der Waals surface area contributed by atoms with Crippen LogP contribution in [0.5, 0.6) is 0 Å². The summed E-state index contributed by atoms with van der Waals surface area (Å²) < 4.78 is 4.71. The van der Waals surface area contributed by atoms with Crippen LogP contribution >= 0.6 is 23.2 Å². The van der Waals surface area contributed by atoms with Crippen LogP contribution in [0.2, 0.25) is 10.0 Å². The van der Waals surface area contributed by atoms with Crippen LogP contribution in [0.15, 0.2) is 18.2 Å². The van der Waals surface area contributed by atoms with Gasteiger partial charge in [-0.1, -0.05) is 43.5 Å². The van der Waals surface area contributed by atoms with Gasteiger partial charge in [-0.3, -0.25) is 4.79 Å². The van der Waals surface area contributed by atoms with E-state index >= 15 is 0 Å². The summed E-state index contributed by atoms with van der Waals surface area (Å²) in [5.74, 6) is -0.924. The Kier molecular flexibility index (Phi) is 6.30. The van der Waals surface area contributed by atoms with Crippen molar-refractivity contribution in [2.24, 2.45) is 5.92 Å². The smallest absolute Gasteiger partial charge is 0.328 e. The van der Waals surface area contributed by atoms with E-state index in [1.807, 2.05) is 13.8 Å². The molecule has 1 rings (SSSR count). The maximum absolute atomic E-state index is 12.2. The van der Waals surface area contributed by atoms with E-state index in [4.69, 9.17) is 27.9 Å². The molecular weight excluding hydrogens is 301 g/mol. The van der Waals surface area contributed by atoms with Gasteiger partial charge in [-0.05, 0) is 24.1 Å². The molecule has 2 atom stereocenters. The second-order valence-corrected chi connectivity index (χ2v) is 5.39. The third-order valence-electron chi connectivity index (χ3n) is 3.08. The summed E-state index contributed by atoms with van der Waals surface area (Å²) in [6, 6.07) is 3.82. The molecule has 0 bridgehead atoms. The van der Waals surface area contributed by atoms with Gasteiger partial charge in [0.15, 0.2) is 0 Å². The minimum Gasteiger partial charge on any atom is -0.467 e. The molecule has 0 aliphatic carbocycles. The lowest BCUT2D eigenvalue weighted by Crippen LogP contribution is -2.45. The van der Waals surface area contributed by atoms with Crippen molar-refractivity contribution in [1.82, 2.24) is 5.32 Å². The van der Waals surface area contributed by atoms with E-state index in [9.17, 15) is 9.59 Å². The first-order valence-electron chi connectivity index (χ1n) is 6.23. The van der Waals surface area contributed by atoms with Crippen molar-refractivity contribution < 1.29 is 14.3 Å². The highest BCUT2D eigenvalue weighted by atomic mass is 35.5. The summed E-state index contributed by atoms with van der Waals surface area (Å²) in [5, 5.41) is 3.38. The van der Waals surface area contributed by atoms with Crippen molar-refractivity contribution in [2.75, 3.05) is 7.11 Å². The molecule has 0 heterocycles. The van der Waals surface area contributed by atoms with Crippen molar-refractivity contribution in [1.29, 1.82) is 0 Å². The van der Waals surface area contributed by atoms with Crippen LogP contribution in [0.4, 0.5) is 0 Å². The van der Waals surface area contributed by atoms with Crippen molar-refractivity contribution >= 4 is 35.1 Å². The van der Waals surface area contributed by atoms with Crippen LogP contribution < -0.4 is 5.32 Å². The van der Waals surface area contributed by atoms with Gasteiger partial charge < -0.3 is 10.1 Å². The predicted molar refractivity (Wildman–Crippen MR) is 79.2 cm³/mol. The van der Waals surface area contributed by atoms with E-state index in [0.29, 0.717) is 15.6 Å². The SMILES string of the molecule is CC[C@H](C)[C@H](NC(=O)c1cc(Cl)cc(Cl)c1)C(=O)OC. The Hall–Kier alpha value is -1.26. The van der Waals surface area contributed by atoms with Gasteiger partial charge in [0.1, 0.15) is 6.04 Å². The second kappa shape index (κ2) is 7.50. The Morgan fingerprint density at radius 2 is 1.80 bits per heavy atom. The molecule has 0 unspecified atom stereocenters. The molecule has 0 radical (unpaired) electrons. The van der Waals surface area contributed by atoms with E-state index in [-0.39, 0.29) is 5.92 Å². The van der Waals surface area contributed by atoms with Crippen LogP contribution in [-0.4, -0.2) is 25.0 Å². The van der Waals surface area contributed by atoms with Crippen molar-refractivity contribution in [3.05, 3.63) is 33.8 Å². The maximum atomic E-state index is 12.2. The van der Waals surface area contributed by atoms with Crippen molar-refractivity contribution in [2.45, 2.75) is 26.3 Å². The topological polar surface area (TPSA) is 55.4 Å². The number of hydrogen-bond donors (Lipinski definition) is 1. The average molecular weight is 318 g/mol. The number of hydrogen-bond acceptors (Lipinski definition) is 3. The number of halogens is 2. The second-order valence-electron chi connectivity index (χ2n) is 4.52. The quantitative estimate of drug-likeness (QED) is 0.848. The fourth-order valence-corrected chi connectivity index (χ4v) is 2.23. The third-order valence-corrected chi connectivity index (χ3v) is 3.52. The molecule has 0 aliphatic heterocycles. The number of rotatable bonds is 5. The Morgan fingerprint density at radius 1 is 1.25 bits per heavy atom. The van der Waals surface area contributed by atoms with Gasteiger partial charge >= 0.3 is 5.97 Å². The molecule has 20 heavy (non-hydrogen) atoms. The highest BCUT2D eigenvalue weighted by molar-refractivity contribution is 6.35. The van der Waals surface area contributed by atoms with E-state index in [1.54, 1.807) is 0 Å². The van der Waals surface area contributed by atoms with Crippen LogP contribution in [0.1, 0.15) is 30.6 Å². The molecule has 6 heteroatoms. The lowest BCUT2D eigenvalue weighted by atomic mass is 9.99. The summed E-state index contributed by atoms with van der Waals surface area (Å²) in [5.41, 5.74) is 0.305. The fourth-order valence-electron chi connectivity index (χ4n) is 1.71. The molecule has 1 amide bonds. The number of carbonyl (C=O) groups excluding carboxylic acids is 2. The Balaban J connectivity index is 2.93. The summed E-state index contributed by atoms with van der Waals surface area (Å²) in [7, 11) is 1.29. The molecule has 0 aliphatic rings. The zero-order chi connectivity index (χ0) is 15.3. The minimum absolute atomic E-state index is 0.0407. The van der Waals surface area contributed by atoms with E-state index in [1.165, 1.54) is 25.3 Å². The first kappa shape index (κ1) is 16.8. The van der Waals surface area contributed by atoms with Gasteiger partial charge in [-0.2, -0.15) is 0 Å². The number of carbonyl (C=O) groups is 2. The van der Waals surface area contributed by atoms with Crippen molar-refractivity contribution in [3.63, 3.8) is 0 Å². The third kappa shape index (κ3) is 4.39. The molecule has 0 aromatic heterocycles. The molecular formula is C14H17Cl2NO3. The summed E-state index contributed by atoms with van der Waals surface area (Å²) in [6.45, 7) is 3.80. The standard InChI is InChI=1S/C14H17Cl2NO3/c1-4-8(2)12(14(19)20-3)17-13(18)9-5-10(15)7-11(16)6-9/h5-8,12H,4H2,1-3H3,(H,17,18)/t8-,12-/m0/s1. The van der Waals surface area contributed by atoms with Gasteiger partial charge in [0.2, 0.25) is 0 Å². The minimum atomic E-state index is -0.699. The van der Waals surface area contributed by atoms with Crippen LogP contribution in [0, 0.1) is 5.92 Å². The van der Waals surface area contributed by atoms with Gasteiger partial charge in [0, 0.05) is 15.6 Å². The van der Waals surface area contributed by atoms with E-state index < -0.39 is 17.9 Å². The first-order chi connectivity index (χ1) is 9.38. The normalized spacial score (nSPS) is 13.4. The van der Waals surface area contributed by atoms with Crippen LogP contribution in [0.3, 0.4) is 0 Å². The molecule has 1 N–H and O–H groups in total. The molecule has 0 spiro atoms. The zero-order valence-electron chi connectivity index (χ0n) is 11.6. The highest BCUT2D eigenvalue weighted by Gasteiger charge is 2.27. The van der Waals surface area contributed by atoms with Gasteiger partial charge in [-0.25, -0.2) is 4.79 Å². The molecule has 1 aromatic carbocycles. The first-order valence-corrected chi connectivity index (χ1v) is 6.99. The highest BCUT2D eigenvalue weighted by Crippen LogP contribution is 2.19. The number of ether oxygens (including phenoxy) is 1. The summed E-state index contributed by atoms with van der Waals surface area (Å²) in [4.78, 5) is 23.9. The van der Waals surface area contributed by atoms with Gasteiger partial charge in [0.25, 0.3) is 5.91 Å². The van der Waals surface area contributed by atoms with Crippen LogP contribution in [0.25, 0.3) is 0 Å². The maximum Gasteiger partial charge on any atom is 0.328 e. The monoisotopic (exact) mass is 317 g/mol. The van der Waals surface area contributed by atoms with Crippen LogP contribution in [-0.2, 0) is 9.53 Å². The fraction of sp³-hybridized carbons (Fsp3) is 0.429. The van der Waals surface area contributed by atoms with Gasteiger partial charge in [-0.15, -0.1) is 0 Å². The molecule has 4 nitrogen and oxygen atoms in total. The average Bonchev–Trinajstić information content (AvgIpc) is 2.41. The molecule has 1 aromatic rings. The lowest BCUT2D eigenvalue weighted by molar-refractivity contribution is -0.144. The number of methoxy groups -OCH3 is 1. The molecule has 0 saturated heterocycles. The zero-order valence-corrected chi connectivity index (χ0v) is 13.1. The molecule has 0 saturated carbocycles. The molecule has 0 fully saturated rings. The van der Waals surface area contributed by atoms with E-state index in [0.717, 1.165) is 6.42 Å². The number of amides is 1. The summed E-state index contributed by atoms with van der Waals surface area (Å²) >= 11 is 11.7. The number of benzene rings is 1. The predicted octanol–water partition coefficient (Wildman–Crippen LogP) is 3.31. The summed E-state index contributed by atoms with van der Waals surface area (Å²) in [6.07, 6.45) is 0.732. The lowest BCUT2D eigenvalue weighted by Gasteiger charge is -2.21. The number of nitrogens with one attached hydrogen (secondary N) is 1. The van der Waals surface area contributed by atoms with E-state index in [2.05, 4.69) is 5.32 Å². The Labute approximate surface area is 128 Å². The number of esters is 1.